The Balaban J connectivity index is 1.22. The van der Waals surface area contributed by atoms with Gasteiger partial charge in [0.2, 0.25) is 0 Å². The van der Waals surface area contributed by atoms with Crippen molar-refractivity contribution in [1.29, 1.82) is 0 Å². The molecule has 0 aliphatic heterocycles. The largest absolute Gasteiger partial charge is 0.416 e. The number of hydrogen-bond donors (Lipinski definition) is 0. The molecule has 39 heavy (non-hydrogen) atoms. The molecule has 0 fully saturated rings. The molecule has 0 unspecified atom stereocenters. The first-order valence-corrected chi connectivity index (χ1v) is 12.5. The summed E-state index contributed by atoms with van der Waals surface area (Å²) in [6, 6.07) is 40.5. The number of alkyl halides is 3. The van der Waals surface area contributed by atoms with Crippen molar-refractivity contribution in [1.82, 2.24) is 0 Å². The minimum Gasteiger partial charge on any atom is -0.207 e. The van der Waals surface area contributed by atoms with Crippen LogP contribution in [0.4, 0.5) is 17.6 Å². The lowest BCUT2D eigenvalue weighted by atomic mass is 9.95. The Bertz CT molecular complexity index is 1750. The van der Waals surface area contributed by atoms with E-state index in [-0.39, 0.29) is 5.82 Å². The quantitative estimate of drug-likeness (QED) is 0.204. The van der Waals surface area contributed by atoms with Crippen LogP contribution in [0.15, 0.2) is 133 Å². The Kier molecular flexibility index (Phi) is 6.24. The molecule has 0 nitrogen and oxygen atoms in total. The summed E-state index contributed by atoms with van der Waals surface area (Å²) in [5, 5.41) is 2.24. The molecule has 0 spiro atoms. The van der Waals surface area contributed by atoms with Gasteiger partial charge in [0, 0.05) is 0 Å². The predicted octanol–water partition coefficient (Wildman–Crippen LogP) is 10.7. The third-order valence-corrected chi connectivity index (χ3v) is 7.00. The highest BCUT2D eigenvalue weighted by Crippen LogP contribution is 2.33. The third-order valence-electron chi connectivity index (χ3n) is 7.00. The van der Waals surface area contributed by atoms with E-state index in [1.54, 1.807) is 12.1 Å². The van der Waals surface area contributed by atoms with Gasteiger partial charge in [0.15, 0.2) is 0 Å². The lowest BCUT2D eigenvalue weighted by Gasteiger charge is -2.10. The Morgan fingerprint density at radius 1 is 0.333 bits per heavy atom. The van der Waals surface area contributed by atoms with Crippen molar-refractivity contribution < 1.29 is 17.6 Å². The van der Waals surface area contributed by atoms with E-state index >= 15 is 0 Å². The molecule has 190 valence electrons. The summed E-state index contributed by atoms with van der Waals surface area (Å²) in [6.07, 6.45) is -4.34. The number of hydrogen-bond acceptors (Lipinski definition) is 0. The first-order chi connectivity index (χ1) is 18.8. The fourth-order valence-corrected chi connectivity index (χ4v) is 4.81. The highest BCUT2D eigenvalue weighted by Gasteiger charge is 2.29. The fraction of sp³-hybridized carbons (Fsp3) is 0.0286. The van der Waals surface area contributed by atoms with Gasteiger partial charge in [-0.05, 0) is 91.7 Å². The molecule has 4 heteroatoms. The van der Waals surface area contributed by atoms with Gasteiger partial charge in [0.25, 0.3) is 0 Å². The standard InChI is InChI=1S/C35H22F4/c36-34-19-15-26(16-20-34)24-3-7-28(8-4-24)30-10-12-31-21-29(9-11-32(31)22-30)27-5-1-23(2-6-27)25-13-17-33(18-14-25)35(37,38)39/h1-22H. The molecule has 0 atom stereocenters. The smallest absolute Gasteiger partial charge is 0.207 e. The molecule has 0 saturated carbocycles. The van der Waals surface area contributed by atoms with Crippen LogP contribution >= 0.6 is 0 Å². The minimum atomic E-state index is -4.34. The second kappa shape index (κ2) is 9.88. The average molecular weight is 519 g/mol. The zero-order chi connectivity index (χ0) is 27.0. The van der Waals surface area contributed by atoms with Crippen molar-refractivity contribution in [2.24, 2.45) is 0 Å². The fourth-order valence-electron chi connectivity index (χ4n) is 4.81. The summed E-state index contributed by atoms with van der Waals surface area (Å²) >= 11 is 0. The first kappa shape index (κ1) is 24.6. The van der Waals surface area contributed by atoms with Crippen molar-refractivity contribution in [3.8, 4) is 44.5 Å². The molecule has 0 radical (unpaired) electrons. The Hall–Kier alpha value is -4.70. The third kappa shape index (κ3) is 5.19. The van der Waals surface area contributed by atoms with E-state index in [1.807, 2.05) is 36.4 Å². The van der Waals surface area contributed by atoms with Crippen LogP contribution in [0.1, 0.15) is 5.56 Å². The van der Waals surface area contributed by atoms with Crippen molar-refractivity contribution >= 4 is 10.8 Å². The number of halogens is 4. The van der Waals surface area contributed by atoms with Crippen LogP contribution in [-0.4, -0.2) is 0 Å². The summed E-state index contributed by atoms with van der Waals surface area (Å²) < 4.78 is 51.8. The van der Waals surface area contributed by atoms with Gasteiger partial charge in [0.1, 0.15) is 5.82 Å². The van der Waals surface area contributed by atoms with Crippen LogP contribution in [-0.2, 0) is 6.18 Å². The van der Waals surface area contributed by atoms with E-state index in [4.69, 9.17) is 0 Å². The maximum absolute atomic E-state index is 13.2. The van der Waals surface area contributed by atoms with Gasteiger partial charge in [0.05, 0.1) is 5.56 Å². The van der Waals surface area contributed by atoms with E-state index in [1.165, 1.54) is 24.3 Å². The summed E-state index contributed by atoms with van der Waals surface area (Å²) in [5.41, 5.74) is 7.28. The molecule has 0 bridgehead atoms. The van der Waals surface area contributed by atoms with Crippen molar-refractivity contribution in [3.05, 3.63) is 145 Å². The van der Waals surface area contributed by atoms with Crippen LogP contribution in [0.25, 0.3) is 55.3 Å². The molecule has 0 saturated heterocycles. The minimum absolute atomic E-state index is 0.246. The van der Waals surface area contributed by atoms with Gasteiger partial charge in [-0.3, -0.25) is 0 Å². The van der Waals surface area contributed by atoms with Crippen LogP contribution in [0.3, 0.4) is 0 Å². The van der Waals surface area contributed by atoms with E-state index < -0.39 is 11.7 Å². The van der Waals surface area contributed by atoms with E-state index in [2.05, 4.69) is 48.5 Å². The monoisotopic (exact) mass is 518 g/mol. The zero-order valence-corrected chi connectivity index (χ0v) is 20.7. The Labute approximate surface area is 223 Å². The summed E-state index contributed by atoms with van der Waals surface area (Å²) in [5.74, 6) is -0.246. The highest BCUT2D eigenvalue weighted by atomic mass is 19.4. The van der Waals surface area contributed by atoms with Crippen LogP contribution in [0, 0.1) is 5.82 Å². The SMILES string of the molecule is Fc1ccc(-c2ccc(-c3ccc4cc(-c5ccc(-c6ccc(C(F)(F)F)cc6)cc5)ccc4c3)cc2)cc1. The summed E-state index contributed by atoms with van der Waals surface area (Å²) in [4.78, 5) is 0. The summed E-state index contributed by atoms with van der Waals surface area (Å²) in [6.45, 7) is 0. The second-order valence-electron chi connectivity index (χ2n) is 9.51. The Morgan fingerprint density at radius 2 is 0.615 bits per heavy atom. The molecule has 0 aliphatic rings. The maximum atomic E-state index is 13.2. The molecular formula is C35H22F4. The molecule has 0 amide bonds. The van der Waals surface area contributed by atoms with Crippen LogP contribution in [0.5, 0.6) is 0 Å². The molecule has 6 rings (SSSR count). The summed E-state index contributed by atoms with van der Waals surface area (Å²) in [7, 11) is 0. The van der Waals surface area contributed by atoms with Gasteiger partial charge in [-0.15, -0.1) is 0 Å². The van der Waals surface area contributed by atoms with Crippen molar-refractivity contribution in [2.45, 2.75) is 6.18 Å². The highest BCUT2D eigenvalue weighted by molar-refractivity contribution is 5.91. The molecule has 0 aliphatic carbocycles. The zero-order valence-electron chi connectivity index (χ0n) is 20.7. The average Bonchev–Trinajstić information content (AvgIpc) is 2.97. The Morgan fingerprint density at radius 3 is 0.974 bits per heavy atom. The lowest BCUT2D eigenvalue weighted by molar-refractivity contribution is -0.137. The van der Waals surface area contributed by atoms with Crippen molar-refractivity contribution in [3.63, 3.8) is 0 Å². The topological polar surface area (TPSA) is 0 Å². The van der Waals surface area contributed by atoms with Crippen LogP contribution < -0.4 is 0 Å². The second-order valence-corrected chi connectivity index (χ2v) is 9.51. The molecule has 6 aromatic carbocycles. The molecule has 6 aromatic rings. The van der Waals surface area contributed by atoms with E-state index in [0.29, 0.717) is 0 Å². The van der Waals surface area contributed by atoms with Gasteiger partial charge in [-0.1, -0.05) is 97.1 Å². The molecular weight excluding hydrogens is 496 g/mol. The predicted molar refractivity (Wildman–Crippen MR) is 151 cm³/mol. The lowest BCUT2D eigenvalue weighted by Crippen LogP contribution is -2.03. The van der Waals surface area contributed by atoms with Gasteiger partial charge >= 0.3 is 6.18 Å². The first-order valence-electron chi connectivity index (χ1n) is 12.5. The number of benzene rings is 6. The van der Waals surface area contributed by atoms with Crippen molar-refractivity contribution in [2.75, 3.05) is 0 Å². The molecule has 0 aromatic heterocycles. The maximum Gasteiger partial charge on any atom is 0.416 e. The molecule has 0 heterocycles. The van der Waals surface area contributed by atoms with Crippen LogP contribution in [0.2, 0.25) is 0 Å². The number of fused-ring (bicyclic) bond motifs is 1. The van der Waals surface area contributed by atoms with Gasteiger partial charge in [-0.2, -0.15) is 13.2 Å². The number of rotatable bonds is 4. The van der Waals surface area contributed by atoms with Gasteiger partial charge < -0.3 is 0 Å². The van der Waals surface area contributed by atoms with Gasteiger partial charge in [-0.25, -0.2) is 4.39 Å². The van der Waals surface area contributed by atoms with E-state index in [9.17, 15) is 17.6 Å². The normalized spacial score (nSPS) is 11.6. The molecule has 0 N–H and O–H groups in total. The van der Waals surface area contributed by atoms with E-state index in [0.717, 1.165) is 67.4 Å².